The van der Waals surface area contributed by atoms with Gasteiger partial charge in [0.1, 0.15) is 0 Å². The van der Waals surface area contributed by atoms with Gasteiger partial charge in [-0.25, -0.2) is 0 Å². The first-order valence-corrected chi connectivity index (χ1v) is 10.8. The standard InChI is InChI=1S/C23H26ClN3O3/c1-14(28)22(16-4-5-16)27-20-7-6-17(10-19(20)24)21-9-15(13-30-21)11-26-23(29)18-3-2-8-25-12-18/h2-3,6-8,10,12,15-16,21-22,27H,4-5,9,11,13H2,1H3,(H,26,29). The SMILES string of the molecule is CC(=O)C(Nc1ccc(C2CC(CNC(=O)c3cccnc3)CO2)cc1Cl)C1CC1. The van der Waals surface area contributed by atoms with Crippen molar-refractivity contribution in [3.63, 3.8) is 0 Å². The van der Waals surface area contributed by atoms with Gasteiger partial charge in [0.2, 0.25) is 0 Å². The van der Waals surface area contributed by atoms with Crippen LogP contribution in [0.25, 0.3) is 0 Å². The second kappa shape index (κ2) is 9.14. The zero-order valence-corrected chi connectivity index (χ0v) is 17.7. The van der Waals surface area contributed by atoms with Gasteiger partial charge in [-0.2, -0.15) is 0 Å². The molecular weight excluding hydrogens is 402 g/mol. The molecule has 1 aromatic heterocycles. The Labute approximate surface area is 181 Å². The number of pyridine rings is 1. The van der Waals surface area contributed by atoms with Crippen LogP contribution in [0.4, 0.5) is 5.69 Å². The number of benzene rings is 1. The lowest BCUT2D eigenvalue weighted by Gasteiger charge is -2.19. The molecular formula is C23H26ClN3O3. The molecule has 2 aliphatic rings. The van der Waals surface area contributed by atoms with Gasteiger partial charge in [-0.05, 0) is 61.9 Å². The van der Waals surface area contributed by atoms with Crippen molar-refractivity contribution >= 4 is 29.0 Å². The summed E-state index contributed by atoms with van der Waals surface area (Å²) in [5.74, 6) is 0.678. The highest BCUT2D eigenvalue weighted by Crippen LogP contribution is 2.38. The van der Waals surface area contributed by atoms with Gasteiger partial charge in [-0.3, -0.25) is 14.6 Å². The fraction of sp³-hybridized carbons (Fsp3) is 0.435. The van der Waals surface area contributed by atoms with E-state index in [-0.39, 0.29) is 29.8 Å². The van der Waals surface area contributed by atoms with E-state index >= 15 is 0 Å². The first kappa shape index (κ1) is 20.8. The number of halogens is 1. The van der Waals surface area contributed by atoms with Crippen LogP contribution in [0.15, 0.2) is 42.7 Å². The third-order valence-electron chi connectivity index (χ3n) is 5.76. The van der Waals surface area contributed by atoms with Crippen molar-refractivity contribution in [2.24, 2.45) is 11.8 Å². The van der Waals surface area contributed by atoms with Gasteiger partial charge >= 0.3 is 0 Å². The summed E-state index contributed by atoms with van der Waals surface area (Å²) in [6, 6.07) is 9.16. The van der Waals surface area contributed by atoms with Gasteiger partial charge < -0.3 is 15.4 Å². The largest absolute Gasteiger partial charge is 0.374 e. The summed E-state index contributed by atoms with van der Waals surface area (Å²) in [5.41, 5.74) is 2.35. The van der Waals surface area contributed by atoms with E-state index in [2.05, 4.69) is 15.6 Å². The lowest BCUT2D eigenvalue weighted by Crippen LogP contribution is -2.29. The average molecular weight is 428 g/mol. The summed E-state index contributed by atoms with van der Waals surface area (Å²) in [7, 11) is 0. The molecule has 6 nitrogen and oxygen atoms in total. The minimum atomic E-state index is -0.163. The van der Waals surface area contributed by atoms with E-state index in [9.17, 15) is 9.59 Å². The lowest BCUT2D eigenvalue weighted by atomic mass is 10.00. The molecule has 1 saturated carbocycles. The van der Waals surface area contributed by atoms with Gasteiger partial charge in [-0.15, -0.1) is 0 Å². The molecule has 4 rings (SSSR count). The van der Waals surface area contributed by atoms with E-state index in [1.165, 1.54) is 0 Å². The Morgan fingerprint density at radius 1 is 1.30 bits per heavy atom. The predicted octanol–water partition coefficient (Wildman–Crippen LogP) is 4.02. The quantitative estimate of drug-likeness (QED) is 0.665. The monoisotopic (exact) mass is 427 g/mol. The number of anilines is 1. The Morgan fingerprint density at radius 3 is 2.80 bits per heavy atom. The van der Waals surface area contributed by atoms with Crippen LogP contribution in [-0.4, -0.2) is 35.9 Å². The van der Waals surface area contributed by atoms with Gasteiger partial charge in [0.25, 0.3) is 5.91 Å². The third kappa shape index (κ3) is 4.99. The third-order valence-corrected chi connectivity index (χ3v) is 6.08. The molecule has 0 radical (unpaired) electrons. The van der Waals surface area contributed by atoms with Crippen molar-refractivity contribution in [2.75, 3.05) is 18.5 Å². The van der Waals surface area contributed by atoms with Crippen molar-refractivity contribution in [1.29, 1.82) is 0 Å². The molecule has 0 bridgehead atoms. The molecule has 158 valence electrons. The molecule has 2 heterocycles. The number of hydrogen-bond acceptors (Lipinski definition) is 5. The highest BCUT2D eigenvalue weighted by atomic mass is 35.5. The molecule has 2 aromatic rings. The van der Waals surface area contributed by atoms with Crippen molar-refractivity contribution in [2.45, 2.75) is 38.3 Å². The summed E-state index contributed by atoms with van der Waals surface area (Å²) in [6.07, 6.45) is 6.13. The molecule has 1 saturated heterocycles. The highest BCUT2D eigenvalue weighted by Gasteiger charge is 2.34. The van der Waals surface area contributed by atoms with Crippen LogP contribution >= 0.6 is 11.6 Å². The maximum atomic E-state index is 12.2. The maximum Gasteiger partial charge on any atom is 0.252 e. The van der Waals surface area contributed by atoms with Crippen LogP contribution in [-0.2, 0) is 9.53 Å². The number of Topliss-reactive ketones (excluding diaryl/α,β-unsaturated/α-hetero) is 1. The first-order valence-electron chi connectivity index (χ1n) is 10.4. The molecule has 1 aliphatic heterocycles. The Hall–Kier alpha value is -2.44. The fourth-order valence-corrected chi connectivity index (χ4v) is 4.14. The van der Waals surface area contributed by atoms with Crippen molar-refractivity contribution in [1.82, 2.24) is 10.3 Å². The average Bonchev–Trinajstić information content (AvgIpc) is 3.48. The van der Waals surface area contributed by atoms with E-state index in [0.717, 1.165) is 30.5 Å². The minimum absolute atomic E-state index is 0.0520. The number of nitrogens with one attached hydrogen (secondary N) is 2. The number of nitrogens with zero attached hydrogens (tertiary/aromatic N) is 1. The number of carbonyl (C=O) groups excluding carboxylic acids is 2. The summed E-state index contributed by atoms with van der Waals surface area (Å²) in [4.78, 5) is 28.0. The van der Waals surface area contributed by atoms with E-state index in [1.54, 1.807) is 31.5 Å². The van der Waals surface area contributed by atoms with Crippen LogP contribution in [0.3, 0.4) is 0 Å². The number of amides is 1. The van der Waals surface area contributed by atoms with Gasteiger partial charge in [0, 0.05) is 24.9 Å². The minimum Gasteiger partial charge on any atom is -0.374 e. The Kier molecular flexibility index (Phi) is 6.35. The van der Waals surface area contributed by atoms with Gasteiger partial charge in [0.15, 0.2) is 5.78 Å². The smallest absolute Gasteiger partial charge is 0.252 e. The molecule has 1 amide bonds. The van der Waals surface area contributed by atoms with E-state index < -0.39 is 0 Å². The van der Waals surface area contributed by atoms with Gasteiger partial charge in [0.05, 0.1) is 35.0 Å². The maximum absolute atomic E-state index is 12.2. The van der Waals surface area contributed by atoms with Crippen molar-refractivity contribution in [3.05, 3.63) is 58.9 Å². The van der Waals surface area contributed by atoms with Gasteiger partial charge in [-0.1, -0.05) is 17.7 Å². The highest BCUT2D eigenvalue weighted by molar-refractivity contribution is 6.33. The number of carbonyl (C=O) groups is 2. The lowest BCUT2D eigenvalue weighted by molar-refractivity contribution is -0.118. The zero-order chi connectivity index (χ0) is 21.1. The van der Waals surface area contributed by atoms with E-state index in [1.807, 2.05) is 18.2 Å². The molecule has 3 atom stereocenters. The number of ether oxygens (including phenoxy) is 1. The van der Waals surface area contributed by atoms with E-state index in [0.29, 0.717) is 29.7 Å². The van der Waals surface area contributed by atoms with Crippen LogP contribution in [0.1, 0.15) is 48.2 Å². The second-order valence-electron chi connectivity index (χ2n) is 8.18. The second-order valence-corrected chi connectivity index (χ2v) is 8.59. The summed E-state index contributed by atoms with van der Waals surface area (Å²) < 4.78 is 5.96. The van der Waals surface area contributed by atoms with Crippen LogP contribution in [0.2, 0.25) is 5.02 Å². The number of rotatable bonds is 8. The fourth-order valence-electron chi connectivity index (χ4n) is 3.90. The first-order chi connectivity index (χ1) is 14.5. The van der Waals surface area contributed by atoms with E-state index in [4.69, 9.17) is 16.3 Å². The van der Waals surface area contributed by atoms with Crippen LogP contribution in [0.5, 0.6) is 0 Å². The Bertz CT molecular complexity index is 917. The predicted molar refractivity (Wildman–Crippen MR) is 116 cm³/mol. The van der Waals surface area contributed by atoms with Crippen molar-refractivity contribution in [3.8, 4) is 0 Å². The number of hydrogen-bond donors (Lipinski definition) is 2. The van der Waals surface area contributed by atoms with Crippen LogP contribution < -0.4 is 10.6 Å². The Morgan fingerprint density at radius 2 is 2.13 bits per heavy atom. The molecule has 2 N–H and O–H groups in total. The zero-order valence-electron chi connectivity index (χ0n) is 16.9. The summed E-state index contributed by atoms with van der Waals surface area (Å²) >= 11 is 6.50. The molecule has 1 aromatic carbocycles. The van der Waals surface area contributed by atoms with Crippen molar-refractivity contribution < 1.29 is 14.3 Å². The number of aromatic nitrogens is 1. The normalized spacial score (nSPS) is 21.8. The molecule has 0 spiro atoms. The van der Waals surface area contributed by atoms with Crippen LogP contribution in [0, 0.1) is 11.8 Å². The molecule has 3 unspecified atom stereocenters. The molecule has 2 fully saturated rings. The summed E-state index contributed by atoms with van der Waals surface area (Å²) in [5, 5.41) is 6.86. The summed E-state index contributed by atoms with van der Waals surface area (Å²) in [6.45, 7) is 2.76. The molecule has 7 heteroatoms. The molecule has 30 heavy (non-hydrogen) atoms. The Balaban J connectivity index is 1.32. The number of ketones is 1. The molecule has 1 aliphatic carbocycles. The topological polar surface area (TPSA) is 80.3 Å².